The quantitative estimate of drug-likeness (QED) is 0.163. The van der Waals surface area contributed by atoms with Crippen LogP contribution in [0, 0.1) is 17.8 Å². The molecule has 0 aromatic rings. The molecule has 0 saturated heterocycles. The van der Waals surface area contributed by atoms with Crippen LogP contribution in [0.25, 0.3) is 0 Å². The highest BCUT2D eigenvalue weighted by Crippen LogP contribution is 2.27. The highest BCUT2D eigenvalue weighted by molar-refractivity contribution is 8.76. The number of amides is 1. The smallest absolute Gasteiger partial charge is 0.223 e. The van der Waals surface area contributed by atoms with Gasteiger partial charge in [0.25, 0.3) is 0 Å². The van der Waals surface area contributed by atoms with Gasteiger partial charge in [0.15, 0.2) is 0 Å². The Bertz CT molecular complexity index is 412. The summed E-state index contributed by atoms with van der Waals surface area (Å²) in [6.45, 7) is 11.5. The first kappa shape index (κ1) is 29.8. The fourth-order valence-corrected chi connectivity index (χ4v) is 3.49. The van der Waals surface area contributed by atoms with Crippen molar-refractivity contribution in [3.63, 3.8) is 0 Å². The van der Waals surface area contributed by atoms with E-state index in [4.69, 9.17) is 19.9 Å². The lowest BCUT2D eigenvalue weighted by Crippen LogP contribution is -2.25. The Labute approximate surface area is 183 Å². The predicted molar refractivity (Wildman–Crippen MR) is 127 cm³/mol. The van der Waals surface area contributed by atoms with Gasteiger partial charge in [0.05, 0.1) is 39.6 Å². The first-order valence-corrected chi connectivity index (χ1v) is 12.6. The second kappa shape index (κ2) is 24.6. The van der Waals surface area contributed by atoms with Crippen molar-refractivity contribution in [2.75, 3.05) is 52.4 Å². The van der Waals surface area contributed by atoms with E-state index in [9.17, 15) is 4.79 Å². The van der Waals surface area contributed by atoms with Gasteiger partial charge in [0, 0.05) is 15.2 Å². The molecule has 0 aromatic heterocycles. The molecule has 0 fully saturated rings. The number of hydrogen-bond donors (Lipinski definition) is 2. The van der Waals surface area contributed by atoms with Gasteiger partial charge in [-0.2, -0.15) is 0 Å². The average molecular weight is 441 g/mol. The van der Waals surface area contributed by atoms with Crippen LogP contribution in [0.5, 0.6) is 0 Å². The van der Waals surface area contributed by atoms with Gasteiger partial charge in [-0.3, -0.25) is 4.79 Å². The molecule has 0 bridgehead atoms. The van der Waals surface area contributed by atoms with Crippen molar-refractivity contribution >= 4 is 27.5 Å². The fourth-order valence-electron chi connectivity index (χ4n) is 1.76. The van der Waals surface area contributed by atoms with E-state index < -0.39 is 0 Å². The van der Waals surface area contributed by atoms with E-state index in [1.165, 1.54) is 0 Å². The lowest BCUT2D eigenvalue weighted by Gasteiger charge is -2.15. The molecule has 0 heterocycles. The SMILES string of the molecule is CC.CSSC(CCCN)OCCOCCOCCC(=O)NCC#CC(C)C.[HH].[HH]. The van der Waals surface area contributed by atoms with Gasteiger partial charge >= 0.3 is 0 Å². The molecule has 0 aliphatic heterocycles. The summed E-state index contributed by atoms with van der Waals surface area (Å²) in [4.78, 5) is 11.5. The van der Waals surface area contributed by atoms with Crippen LogP contribution in [0.1, 0.15) is 49.8 Å². The van der Waals surface area contributed by atoms with Gasteiger partial charge in [0.1, 0.15) is 5.44 Å². The minimum absolute atomic E-state index is 0. The fraction of sp³-hybridized carbons (Fsp3) is 0.850. The van der Waals surface area contributed by atoms with Crippen LogP contribution in [0.4, 0.5) is 0 Å². The van der Waals surface area contributed by atoms with Gasteiger partial charge in [-0.25, -0.2) is 0 Å². The summed E-state index contributed by atoms with van der Waals surface area (Å²) < 4.78 is 16.6. The van der Waals surface area contributed by atoms with E-state index in [0.717, 1.165) is 12.8 Å². The van der Waals surface area contributed by atoms with Crippen molar-refractivity contribution < 1.29 is 21.9 Å². The van der Waals surface area contributed by atoms with Crippen molar-refractivity contribution in [1.29, 1.82) is 0 Å². The normalized spacial score (nSPS) is 11.2. The highest BCUT2D eigenvalue weighted by Gasteiger charge is 2.08. The summed E-state index contributed by atoms with van der Waals surface area (Å²) >= 11 is 0. The standard InChI is InChI=1S/C18H34N2O4S2.C2H6.2H2/c1-16(2)6-5-10-20-17(21)8-11-22-12-13-23-14-15-24-18(26-25-3)7-4-9-19;1-2;;/h16,18H,4,7-15,19H2,1-3H3,(H,20,21);1-2H3;2*1H. The molecule has 1 amide bonds. The molecule has 28 heavy (non-hydrogen) atoms. The maximum absolute atomic E-state index is 11.5. The number of ether oxygens (including phenoxy) is 3. The molecule has 0 radical (unpaired) electrons. The molecule has 6 nitrogen and oxygen atoms in total. The van der Waals surface area contributed by atoms with Gasteiger partial charge < -0.3 is 25.3 Å². The number of carbonyl (C=O) groups is 1. The van der Waals surface area contributed by atoms with Crippen LogP contribution in [-0.4, -0.2) is 63.7 Å². The topological polar surface area (TPSA) is 82.8 Å². The number of hydrogen-bond acceptors (Lipinski definition) is 7. The zero-order valence-electron chi connectivity index (χ0n) is 18.3. The summed E-state index contributed by atoms with van der Waals surface area (Å²) in [6, 6.07) is 0. The molecular formula is C20H44N2O4S2. The molecule has 1 unspecified atom stereocenters. The van der Waals surface area contributed by atoms with Gasteiger partial charge in [-0.1, -0.05) is 61.1 Å². The lowest BCUT2D eigenvalue weighted by molar-refractivity contribution is -0.122. The molecular weight excluding hydrogens is 396 g/mol. The molecule has 8 heteroatoms. The Hall–Kier alpha value is -0.430. The largest absolute Gasteiger partial charge is 0.379 e. The lowest BCUT2D eigenvalue weighted by atomic mass is 10.2. The predicted octanol–water partition coefficient (Wildman–Crippen LogP) is 3.80. The minimum Gasteiger partial charge on any atom is -0.379 e. The van der Waals surface area contributed by atoms with Crippen LogP contribution in [0.15, 0.2) is 0 Å². The molecule has 1 atom stereocenters. The second-order valence-electron chi connectivity index (χ2n) is 5.72. The molecule has 0 saturated carbocycles. The van der Waals surface area contributed by atoms with E-state index >= 15 is 0 Å². The third-order valence-electron chi connectivity index (χ3n) is 2.99. The average Bonchev–Trinajstić information content (AvgIpc) is 2.69. The van der Waals surface area contributed by atoms with E-state index in [0.29, 0.717) is 58.5 Å². The first-order chi connectivity index (χ1) is 13.6. The van der Waals surface area contributed by atoms with Crippen molar-refractivity contribution in [3.8, 4) is 11.8 Å². The number of carbonyl (C=O) groups excluding carboxylic acids is 1. The Morgan fingerprint density at radius 3 is 2.39 bits per heavy atom. The Kier molecular flexibility index (Phi) is 26.2. The molecule has 0 spiro atoms. The Morgan fingerprint density at radius 2 is 1.79 bits per heavy atom. The van der Waals surface area contributed by atoms with Gasteiger partial charge in [0.2, 0.25) is 5.91 Å². The van der Waals surface area contributed by atoms with Crippen LogP contribution in [0.3, 0.4) is 0 Å². The summed E-state index contributed by atoms with van der Waals surface area (Å²) in [6.07, 6.45) is 4.29. The van der Waals surface area contributed by atoms with Crippen LogP contribution in [0.2, 0.25) is 0 Å². The molecule has 0 aromatic carbocycles. The second-order valence-corrected chi connectivity index (χ2v) is 8.35. The van der Waals surface area contributed by atoms with Crippen LogP contribution in [-0.2, 0) is 19.0 Å². The van der Waals surface area contributed by atoms with E-state index in [2.05, 4.69) is 17.2 Å². The van der Waals surface area contributed by atoms with Crippen LogP contribution >= 0.6 is 21.6 Å². The first-order valence-electron chi connectivity index (χ1n) is 10.0. The van der Waals surface area contributed by atoms with Crippen molar-refractivity contribution in [3.05, 3.63) is 0 Å². The summed E-state index contributed by atoms with van der Waals surface area (Å²) in [7, 11) is 3.41. The zero-order valence-corrected chi connectivity index (χ0v) is 19.9. The summed E-state index contributed by atoms with van der Waals surface area (Å²) in [5.74, 6) is 6.18. The number of nitrogens with two attached hydrogens (primary N) is 1. The summed E-state index contributed by atoms with van der Waals surface area (Å²) in [5.41, 5.74) is 5.69. The number of rotatable bonds is 16. The molecule has 3 N–H and O–H groups in total. The third-order valence-corrected chi connectivity index (χ3v) is 4.99. The molecule has 170 valence electrons. The minimum atomic E-state index is -0.0489. The van der Waals surface area contributed by atoms with Crippen molar-refractivity contribution in [1.82, 2.24) is 5.32 Å². The molecule has 0 aliphatic carbocycles. The maximum Gasteiger partial charge on any atom is 0.223 e. The van der Waals surface area contributed by atoms with Gasteiger partial charge in [-0.15, -0.1) is 0 Å². The van der Waals surface area contributed by atoms with E-state index in [1.54, 1.807) is 21.6 Å². The maximum atomic E-state index is 11.5. The Balaban J connectivity index is -0.000000817. The van der Waals surface area contributed by atoms with Crippen molar-refractivity contribution in [2.45, 2.75) is 52.4 Å². The number of nitrogens with one attached hydrogen (secondary N) is 1. The van der Waals surface area contributed by atoms with Gasteiger partial charge in [-0.05, 0) is 25.6 Å². The highest BCUT2D eigenvalue weighted by atomic mass is 33.1. The van der Waals surface area contributed by atoms with E-state index in [1.807, 2.05) is 34.0 Å². The van der Waals surface area contributed by atoms with E-state index in [-0.39, 0.29) is 14.2 Å². The van der Waals surface area contributed by atoms with Crippen LogP contribution < -0.4 is 11.1 Å². The van der Waals surface area contributed by atoms with Crippen molar-refractivity contribution in [2.24, 2.45) is 11.7 Å². The molecule has 0 rings (SSSR count). The summed E-state index contributed by atoms with van der Waals surface area (Å²) in [5, 5.41) is 2.74. The third kappa shape index (κ3) is 23.6. The molecule has 0 aliphatic rings. The monoisotopic (exact) mass is 440 g/mol. The zero-order chi connectivity index (χ0) is 21.5. The Morgan fingerprint density at radius 1 is 1.14 bits per heavy atom.